The van der Waals surface area contributed by atoms with Crippen molar-refractivity contribution in [3.05, 3.63) is 66.7 Å². The van der Waals surface area contributed by atoms with Gasteiger partial charge >= 0.3 is 6.01 Å². The minimum atomic E-state index is 0.290. The summed E-state index contributed by atoms with van der Waals surface area (Å²) in [6.45, 7) is 0.377. The van der Waals surface area contributed by atoms with Gasteiger partial charge in [0.2, 0.25) is 0 Å². The van der Waals surface area contributed by atoms with E-state index in [2.05, 4.69) is 26.1 Å². The number of hydrogen-bond acceptors (Lipinski definition) is 6. The first-order valence-electron chi connectivity index (χ1n) is 7.01. The van der Waals surface area contributed by atoms with Gasteiger partial charge in [-0.1, -0.05) is 18.2 Å². The number of benzene rings is 1. The van der Waals surface area contributed by atoms with Crippen LogP contribution in [0.5, 0.6) is 6.01 Å². The molecule has 1 radical (unpaired) electrons. The summed E-state index contributed by atoms with van der Waals surface area (Å²) in [4.78, 5) is 17.0. The van der Waals surface area contributed by atoms with Gasteiger partial charge in [0.05, 0.1) is 15.8 Å². The van der Waals surface area contributed by atoms with Gasteiger partial charge in [0.15, 0.2) is 0 Å². The second kappa shape index (κ2) is 6.10. The van der Waals surface area contributed by atoms with Crippen molar-refractivity contribution in [2.24, 2.45) is 0 Å². The highest BCUT2D eigenvalue weighted by Gasteiger charge is 2.08. The van der Waals surface area contributed by atoms with Crippen molar-refractivity contribution in [1.29, 1.82) is 0 Å². The predicted octanol–water partition coefficient (Wildman–Crippen LogP) is 3.53. The summed E-state index contributed by atoms with van der Waals surface area (Å²) in [5.74, 6) is 0. The third kappa shape index (κ3) is 3.02. The van der Waals surface area contributed by atoms with Crippen molar-refractivity contribution >= 4 is 21.6 Å². The molecule has 3 heterocycles. The van der Waals surface area contributed by atoms with E-state index in [-0.39, 0.29) is 0 Å². The van der Waals surface area contributed by atoms with E-state index in [0.717, 1.165) is 26.4 Å². The van der Waals surface area contributed by atoms with Gasteiger partial charge in [0.1, 0.15) is 17.8 Å². The van der Waals surface area contributed by atoms with E-state index in [9.17, 15) is 0 Å². The highest BCUT2D eigenvalue weighted by atomic mass is 32.1. The minimum absolute atomic E-state index is 0.290. The van der Waals surface area contributed by atoms with Crippen LogP contribution in [0.4, 0.5) is 0 Å². The van der Waals surface area contributed by atoms with E-state index in [1.165, 1.54) is 0 Å². The maximum absolute atomic E-state index is 5.53. The summed E-state index contributed by atoms with van der Waals surface area (Å²) in [7, 11) is 0. The Morgan fingerprint density at radius 3 is 2.83 bits per heavy atom. The zero-order valence-electron chi connectivity index (χ0n) is 12.0. The second-order valence-electron chi connectivity index (χ2n) is 4.81. The van der Waals surface area contributed by atoms with Crippen LogP contribution in [-0.2, 0) is 6.61 Å². The molecule has 0 unspecified atom stereocenters. The number of pyridine rings is 1. The molecule has 0 atom stereocenters. The molecule has 0 aliphatic carbocycles. The molecule has 4 rings (SSSR count). The molecule has 0 aliphatic heterocycles. The fraction of sp³-hybridized carbons (Fsp3) is 0.0588. The standard InChI is InChI=1S/C17H11N4OS/c1-2-6-15-14(5-1)21-16(23-15)13-9-19-17(20-10-13)22-11-12-4-3-7-18-8-12/h1-9H,11H2. The Hall–Kier alpha value is -2.86. The molecule has 0 saturated heterocycles. The zero-order chi connectivity index (χ0) is 15.5. The number of fused-ring (bicyclic) bond motifs is 1. The third-order valence-electron chi connectivity index (χ3n) is 3.19. The van der Waals surface area contributed by atoms with E-state index >= 15 is 0 Å². The predicted molar refractivity (Wildman–Crippen MR) is 88.1 cm³/mol. The van der Waals surface area contributed by atoms with Crippen LogP contribution in [0.3, 0.4) is 0 Å². The Balaban J connectivity index is 1.51. The lowest BCUT2D eigenvalue weighted by Gasteiger charge is -2.03. The van der Waals surface area contributed by atoms with Gasteiger partial charge < -0.3 is 4.74 Å². The van der Waals surface area contributed by atoms with Gasteiger partial charge in [-0.15, -0.1) is 11.3 Å². The lowest BCUT2D eigenvalue weighted by molar-refractivity contribution is 0.280. The number of nitrogens with zero attached hydrogens (tertiary/aromatic N) is 4. The molecular formula is C17H11N4OS. The Kier molecular flexibility index (Phi) is 3.65. The van der Waals surface area contributed by atoms with Gasteiger partial charge in [0, 0.05) is 24.2 Å². The van der Waals surface area contributed by atoms with Gasteiger partial charge in [-0.05, 0) is 18.2 Å². The number of ether oxygens (including phenoxy) is 1. The number of hydrogen-bond donors (Lipinski definition) is 0. The van der Waals surface area contributed by atoms with Crippen LogP contribution in [0.15, 0.2) is 55.0 Å². The molecule has 0 aliphatic rings. The summed E-state index contributed by atoms with van der Waals surface area (Å²) in [6, 6.07) is 12.1. The van der Waals surface area contributed by atoms with Crippen LogP contribution in [-0.4, -0.2) is 19.9 Å². The molecule has 23 heavy (non-hydrogen) atoms. The van der Waals surface area contributed by atoms with Crippen molar-refractivity contribution < 1.29 is 4.74 Å². The molecule has 6 heteroatoms. The Morgan fingerprint density at radius 2 is 2.04 bits per heavy atom. The molecule has 5 nitrogen and oxygen atoms in total. The lowest BCUT2D eigenvalue weighted by Crippen LogP contribution is -1.99. The van der Waals surface area contributed by atoms with E-state index in [4.69, 9.17) is 4.74 Å². The van der Waals surface area contributed by atoms with Crippen molar-refractivity contribution in [1.82, 2.24) is 19.9 Å². The van der Waals surface area contributed by atoms with Crippen molar-refractivity contribution in [3.8, 4) is 16.6 Å². The van der Waals surface area contributed by atoms with Gasteiger partial charge in [0.25, 0.3) is 0 Å². The number of aromatic nitrogens is 4. The Labute approximate surface area is 136 Å². The summed E-state index contributed by atoms with van der Waals surface area (Å²) < 4.78 is 6.66. The highest BCUT2D eigenvalue weighted by molar-refractivity contribution is 7.21. The van der Waals surface area contributed by atoms with Crippen LogP contribution in [0.1, 0.15) is 5.56 Å². The lowest BCUT2D eigenvalue weighted by atomic mass is 10.3. The van der Waals surface area contributed by atoms with Gasteiger partial charge in [-0.2, -0.15) is 4.98 Å². The second-order valence-corrected chi connectivity index (χ2v) is 5.85. The summed E-state index contributed by atoms with van der Waals surface area (Å²) in [5.41, 5.74) is 2.70. The number of para-hydroxylation sites is 1. The third-order valence-corrected chi connectivity index (χ3v) is 4.26. The normalized spacial score (nSPS) is 10.8. The van der Waals surface area contributed by atoms with Gasteiger partial charge in [-0.25, -0.2) is 9.97 Å². The van der Waals surface area contributed by atoms with Crippen LogP contribution >= 0.6 is 11.3 Å². The smallest absolute Gasteiger partial charge is 0.317 e. The first-order chi connectivity index (χ1) is 11.4. The Bertz CT molecular complexity index is 889. The van der Waals surface area contributed by atoms with Crippen molar-refractivity contribution in [3.63, 3.8) is 0 Å². The summed E-state index contributed by atoms with van der Waals surface area (Å²) >= 11 is 1.60. The van der Waals surface area contributed by atoms with E-state index in [1.807, 2.05) is 36.4 Å². The maximum atomic E-state index is 5.53. The quantitative estimate of drug-likeness (QED) is 0.576. The molecule has 0 N–H and O–H groups in total. The fourth-order valence-corrected chi connectivity index (χ4v) is 3.00. The molecule has 0 spiro atoms. The number of rotatable bonds is 4. The molecule has 0 amide bonds. The Morgan fingerprint density at radius 1 is 1.09 bits per heavy atom. The summed E-state index contributed by atoms with van der Waals surface area (Å²) in [5, 5.41) is 0.852. The molecular weight excluding hydrogens is 308 g/mol. The zero-order valence-corrected chi connectivity index (χ0v) is 12.8. The molecule has 4 aromatic rings. The topological polar surface area (TPSA) is 60.8 Å². The van der Waals surface area contributed by atoms with Crippen LogP contribution in [0.25, 0.3) is 20.8 Å². The van der Waals surface area contributed by atoms with E-state index < -0.39 is 0 Å². The molecule has 111 valence electrons. The van der Waals surface area contributed by atoms with Crippen molar-refractivity contribution in [2.75, 3.05) is 0 Å². The fourth-order valence-electron chi connectivity index (χ4n) is 2.08. The van der Waals surface area contributed by atoms with Crippen LogP contribution in [0, 0.1) is 6.20 Å². The molecule has 1 aromatic carbocycles. The van der Waals surface area contributed by atoms with E-state index in [0.29, 0.717) is 12.6 Å². The van der Waals surface area contributed by atoms with Gasteiger partial charge in [-0.3, -0.25) is 4.98 Å². The molecule has 0 saturated carbocycles. The highest BCUT2D eigenvalue weighted by Crippen LogP contribution is 2.29. The first kappa shape index (κ1) is 13.8. The minimum Gasteiger partial charge on any atom is -0.459 e. The summed E-state index contributed by atoms with van der Waals surface area (Å²) in [6.07, 6.45) is 8.10. The average Bonchev–Trinajstić information content (AvgIpc) is 3.05. The van der Waals surface area contributed by atoms with Crippen molar-refractivity contribution in [2.45, 2.75) is 6.61 Å². The average molecular weight is 319 g/mol. The monoisotopic (exact) mass is 319 g/mol. The molecule has 0 bridgehead atoms. The maximum Gasteiger partial charge on any atom is 0.317 e. The van der Waals surface area contributed by atoms with Crippen LogP contribution < -0.4 is 4.74 Å². The molecule has 3 aromatic heterocycles. The van der Waals surface area contributed by atoms with E-state index in [1.54, 1.807) is 29.9 Å². The number of thiazole rings is 1. The van der Waals surface area contributed by atoms with Crippen LogP contribution in [0.2, 0.25) is 0 Å². The first-order valence-corrected chi connectivity index (χ1v) is 7.82. The SMILES string of the molecule is [c]1nc(OCc2cccnc2)ncc1-c1nc2ccccc2s1. The largest absolute Gasteiger partial charge is 0.459 e. The molecule has 0 fully saturated rings.